The van der Waals surface area contributed by atoms with Crippen molar-refractivity contribution in [3.05, 3.63) is 55.1 Å². The van der Waals surface area contributed by atoms with Gasteiger partial charge in [0.1, 0.15) is 17.4 Å². The number of nitrogens with zero attached hydrogens (tertiary/aromatic N) is 7. The van der Waals surface area contributed by atoms with Gasteiger partial charge in [-0.2, -0.15) is 0 Å². The van der Waals surface area contributed by atoms with Gasteiger partial charge in [-0.05, 0) is 25.1 Å². The van der Waals surface area contributed by atoms with Crippen LogP contribution in [0.3, 0.4) is 0 Å². The summed E-state index contributed by atoms with van der Waals surface area (Å²) in [5.74, 6) is 2.71. The highest BCUT2D eigenvalue weighted by molar-refractivity contribution is 5.93. The van der Waals surface area contributed by atoms with Crippen molar-refractivity contribution in [1.29, 1.82) is 0 Å². The number of benzene rings is 1. The van der Waals surface area contributed by atoms with Crippen LogP contribution in [0, 0.1) is 0 Å². The number of aromatic nitrogens is 5. The Hall–Kier alpha value is -4.41. The van der Waals surface area contributed by atoms with Gasteiger partial charge < -0.3 is 25.0 Å². The minimum Gasteiger partial charge on any atom is -0.497 e. The topological polar surface area (TPSA) is 122 Å². The molecule has 1 fully saturated rings. The molecule has 11 heteroatoms. The van der Waals surface area contributed by atoms with E-state index in [0.717, 1.165) is 22.4 Å². The number of methoxy groups -OCH3 is 1. The van der Waals surface area contributed by atoms with Crippen LogP contribution in [0.15, 0.2) is 55.1 Å². The van der Waals surface area contributed by atoms with Crippen LogP contribution in [0.5, 0.6) is 5.75 Å². The van der Waals surface area contributed by atoms with Crippen molar-refractivity contribution in [3.63, 3.8) is 0 Å². The smallest absolute Gasteiger partial charge is 0.407 e. The van der Waals surface area contributed by atoms with E-state index in [1.54, 1.807) is 31.9 Å². The zero-order chi connectivity index (χ0) is 23.7. The molecule has 1 saturated heterocycles. The Morgan fingerprint density at radius 1 is 1.15 bits per heavy atom. The van der Waals surface area contributed by atoms with E-state index in [4.69, 9.17) is 9.84 Å². The molecule has 1 atom stereocenters. The van der Waals surface area contributed by atoms with Crippen molar-refractivity contribution in [2.75, 3.05) is 37.0 Å². The molecule has 0 saturated carbocycles. The molecule has 0 unspecified atom stereocenters. The van der Waals surface area contributed by atoms with Gasteiger partial charge in [-0.3, -0.25) is 4.98 Å². The minimum atomic E-state index is -0.895. The first-order chi connectivity index (χ1) is 16.5. The largest absolute Gasteiger partial charge is 0.497 e. The number of carboxylic acid groups (broad SMARTS) is 1. The summed E-state index contributed by atoms with van der Waals surface area (Å²) < 4.78 is 7.28. The summed E-state index contributed by atoms with van der Waals surface area (Å²) in [6.07, 6.45) is 5.71. The molecule has 34 heavy (non-hydrogen) atoms. The number of carbonyl (C=O) groups is 1. The lowest BCUT2D eigenvalue weighted by molar-refractivity contribution is 0.136. The summed E-state index contributed by atoms with van der Waals surface area (Å²) in [6, 6.07) is 9.61. The Labute approximate surface area is 195 Å². The van der Waals surface area contributed by atoms with E-state index in [1.165, 1.54) is 4.90 Å². The first-order valence-corrected chi connectivity index (χ1v) is 10.8. The molecule has 11 nitrogen and oxygen atoms in total. The lowest BCUT2D eigenvalue weighted by Gasteiger charge is -2.39. The van der Waals surface area contributed by atoms with Gasteiger partial charge in [0.15, 0.2) is 5.82 Å². The molecular weight excluding hydrogens is 436 g/mol. The highest BCUT2D eigenvalue weighted by atomic mass is 16.5. The van der Waals surface area contributed by atoms with E-state index >= 15 is 0 Å². The van der Waals surface area contributed by atoms with Crippen LogP contribution in [0.2, 0.25) is 0 Å². The lowest BCUT2D eigenvalue weighted by Crippen LogP contribution is -2.53. The van der Waals surface area contributed by atoms with Crippen molar-refractivity contribution in [3.8, 4) is 11.4 Å². The molecule has 1 aromatic carbocycles. The number of rotatable bonds is 5. The number of pyridine rings is 1. The van der Waals surface area contributed by atoms with Gasteiger partial charge in [0.25, 0.3) is 0 Å². The average molecular weight is 460 g/mol. The standard InChI is InChI=1S/C23H24N8O3/c1-15-14-29(23(32)33)9-10-30(15)21-11-16(5-6-26-21)31-19-12-17(34-2)3-4-18(19)22(28-31)27-20-13-24-7-8-25-20/h3-8,11-13,15H,9-10,14H2,1-2H3,(H,32,33)(H,25,27,28)/t15-/m0/s1. The fourth-order valence-electron chi connectivity index (χ4n) is 4.16. The van der Waals surface area contributed by atoms with Crippen molar-refractivity contribution in [2.45, 2.75) is 13.0 Å². The number of hydrogen-bond donors (Lipinski definition) is 2. The third-order valence-electron chi connectivity index (χ3n) is 5.86. The second-order valence-corrected chi connectivity index (χ2v) is 8.00. The van der Waals surface area contributed by atoms with Gasteiger partial charge in [0, 0.05) is 61.8 Å². The summed E-state index contributed by atoms with van der Waals surface area (Å²) in [5, 5.41) is 18.3. The molecule has 2 N–H and O–H groups in total. The van der Waals surface area contributed by atoms with E-state index in [1.807, 2.05) is 41.9 Å². The summed E-state index contributed by atoms with van der Waals surface area (Å²) in [5.41, 5.74) is 1.68. The number of nitrogens with one attached hydrogen (secondary N) is 1. The van der Waals surface area contributed by atoms with Crippen molar-refractivity contribution in [2.24, 2.45) is 0 Å². The first kappa shape index (κ1) is 21.4. The molecule has 0 radical (unpaired) electrons. The Morgan fingerprint density at radius 3 is 2.76 bits per heavy atom. The van der Waals surface area contributed by atoms with Crippen molar-refractivity contribution >= 4 is 34.4 Å². The van der Waals surface area contributed by atoms with Gasteiger partial charge in [-0.1, -0.05) is 0 Å². The molecule has 5 rings (SSSR count). The number of hydrogen-bond acceptors (Lipinski definition) is 8. The highest BCUT2D eigenvalue weighted by Gasteiger charge is 2.27. The minimum absolute atomic E-state index is 0.00376. The van der Waals surface area contributed by atoms with Crippen LogP contribution in [0.1, 0.15) is 6.92 Å². The van der Waals surface area contributed by atoms with Crippen molar-refractivity contribution < 1.29 is 14.6 Å². The third-order valence-corrected chi connectivity index (χ3v) is 5.86. The molecule has 0 aliphatic carbocycles. The molecule has 0 spiro atoms. The number of ether oxygens (including phenoxy) is 1. The molecule has 4 heterocycles. The zero-order valence-corrected chi connectivity index (χ0v) is 18.8. The van der Waals surface area contributed by atoms with Gasteiger partial charge in [0.05, 0.1) is 24.5 Å². The summed E-state index contributed by atoms with van der Waals surface area (Å²) >= 11 is 0. The Kier molecular flexibility index (Phi) is 5.58. The van der Waals surface area contributed by atoms with Crippen LogP contribution in [0.25, 0.3) is 16.6 Å². The van der Waals surface area contributed by atoms with E-state index in [2.05, 4.69) is 25.2 Å². The SMILES string of the molecule is COc1ccc2c(Nc3cnccn3)nn(-c3ccnc(N4CCN(C(=O)O)C[C@@H]4C)c3)c2c1. The fourth-order valence-corrected chi connectivity index (χ4v) is 4.16. The molecular formula is C23H24N8O3. The molecule has 1 aliphatic rings. The number of piperazine rings is 1. The predicted molar refractivity (Wildman–Crippen MR) is 127 cm³/mol. The van der Waals surface area contributed by atoms with Gasteiger partial charge in [0.2, 0.25) is 0 Å². The van der Waals surface area contributed by atoms with Crippen LogP contribution in [0.4, 0.5) is 22.2 Å². The maximum Gasteiger partial charge on any atom is 0.407 e. The van der Waals surface area contributed by atoms with Crippen LogP contribution in [-0.2, 0) is 0 Å². The van der Waals surface area contributed by atoms with E-state index in [-0.39, 0.29) is 6.04 Å². The summed E-state index contributed by atoms with van der Waals surface area (Å²) in [4.78, 5) is 27.9. The molecule has 4 aromatic rings. The maximum atomic E-state index is 11.3. The quantitative estimate of drug-likeness (QED) is 0.462. The van der Waals surface area contributed by atoms with Gasteiger partial charge >= 0.3 is 6.09 Å². The Morgan fingerprint density at radius 2 is 2.03 bits per heavy atom. The number of anilines is 3. The summed E-state index contributed by atoms with van der Waals surface area (Å²) in [7, 11) is 1.63. The Bertz CT molecular complexity index is 1330. The number of fused-ring (bicyclic) bond motifs is 1. The molecule has 0 bridgehead atoms. The third kappa shape index (κ3) is 4.03. The highest BCUT2D eigenvalue weighted by Crippen LogP contribution is 2.31. The molecule has 1 amide bonds. The van der Waals surface area contributed by atoms with E-state index < -0.39 is 6.09 Å². The Balaban J connectivity index is 1.53. The van der Waals surface area contributed by atoms with E-state index in [9.17, 15) is 9.90 Å². The molecule has 3 aromatic heterocycles. The maximum absolute atomic E-state index is 11.3. The van der Waals surface area contributed by atoms with Crippen LogP contribution >= 0.6 is 0 Å². The lowest BCUT2D eigenvalue weighted by atomic mass is 10.2. The second kappa shape index (κ2) is 8.85. The monoisotopic (exact) mass is 460 g/mol. The van der Waals surface area contributed by atoms with Crippen LogP contribution < -0.4 is 15.0 Å². The second-order valence-electron chi connectivity index (χ2n) is 8.00. The van der Waals surface area contributed by atoms with E-state index in [0.29, 0.717) is 37.0 Å². The molecule has 174 valence electrons. The zero-order valence-electron chi connectivity index (χ0n) is 18.8. The average Bonchev–Trinajstić information content (AvgIpc) is 3.22. The van der Waals surface area contributed by atoms with Gasteiger partial charge in [-0.25, -0.2) is 19.4 Å². The normalized spacial score (nSPS) is 16.0. The first-order valence-electron chi connectivity index (χ1n) is 10.8. The molecule has 1 aliphatic heterocycles. The summed E-state index contributed by atoms with van der Waals surface area (Å²) in [6.45, 7) is 3.42. The van der Waals surface area contributed by atoms with Gasteiger partial charge in [-0.15, -0.1) is 5.10 Å². The van der Waals surface area contributed by atoms with Crippen LogP contribution in [-0.4, -0.2) is 73.6 Å². The predicted octanol–water partition coefficient (Wildman–Crippen LogP) is 3.15. The van der Waals surface area contributed by atoms with Crippen molar-refractivity contribution in [1.82, 2.24) is 29.6 Å². The number of amides is 1. The fraction of sp³-hybridized carbons (Fsp3) is 0.261.